The number of amides is 1. The van der Waals surface area contributed by atoms with E-state index in [9.17, 15) is 4.79 Å². The topological polar surface area (TPSA) is 79.8 Å². The lowest BCUT2D eigenvalue weighted by Crippen LogP contribution is -2.14. The van der Waals surface area contributed by atoms with Crippen LogP contribution in [-0.4, -0.2) is 27.0 Å². The fourth-order valence-electron chi connectivity index (χ4n) is 1.31. The third kappa shape index (κ3) is 3.24. The summed E-state index contributed by atoms with van der Waals surface area (Å²) in [7, 11) is 0. The van der Waals surface area contributed by atoms with Crippen molar-refractivity contribution in [2.75, 3.05) is 17.2 Å². The summed E-state index contributed by atoms with van der Waals surface area (Å²) in [6.45, 7) is 2.90. The predicted octanol–water partition coefficient (Wildman–Crippen LogP) is 2.01. The van der Waals surface area contributed by atoms with E-state index in [2.05, 4.69) is 32.1 Å². The normalized spacial score (nSPS) is 10.1. The minimum Gasteiger partial charge on any atom is -0.370 e. The molecule has 0 fully saturated rings. The van der Waals surface area contributed by atoms with E-state index in [0.29, 0.717) is 16.5 Å². The van der Waals surface area contributed by atoms with Gasteiger partial charge >= 0.3 is 0 Å². The van der Waals surface area contributed by atoms with Gasteiger partial charge in [-0.05, 0) is 18.6 Å². The second-order valence-electron chi connectivity index (χ2n) is 3.57. The van der Waals surface area contributed by atoms with E-state index in [1.54, 1.807) is 12.1 Å². The summed E-state index contributed by atoms with van der Waals surface area (Å²) < 4.78 is 3.67. The van der Waals surface area contributed by atoms with Crippen LogP contribution in [0.1, 0.15) is 23.8 Å². The van der Waals surface area contributed by atoms with Crippen molar-refractivity contribution in [3.05, 3.63) is 30.1 Å². The Kier molecular flexibility index (Phi) is 4.19. The Bertz CT molecular complexity index is 514. The van der Waals surface area contributed by atoms with E-state index in [1.807, 2.05) is 6.07 Å². The minimum atomic E-state index is -0.263. The number of rotatable bonds is 5. The third-order valence-electron chi connectivity index (χ3n) is 2.14. The first-order valence-corrected chi connectivity index (χ1v) is 6.36. The molecular weight excluding hydrogens is 250 g/mol. The van der Waals surface area contributed by atoms with Gasteiger partial charge in [0.2, 0.25) is 0 Å². The zero-order chi connectivity index (χ0) is 12.8. The van der Waals surface area contributed by atoms with Crippen molar-refractivity contribution in [3.63, 3.8) is 0 Å². The molecule has 1 amide bonds. The molecule has 0 radical (unpaired) electrons. The summed E-state index contributed by atoms with van der Waals surface area (Å²) in [6, 6.07) is 5.30. The molecule has 6 nitrogen and oxygen atoms in total. The van der Waals surface area contributed by atoms with Gasteiger partial charge < -0.3 is 10.6 Å². The SMILES string of the molecule is CCCNc1cccc(C(=O)Nc2cnns2)n1. The van der Waals surface area contributed by atoms with E-state index in [4.69, 9.17) is 0 Å². The largest absolute Gasteiger partial charge is 0.370 e. The van der Waals surface area contributed by atoms with Gasteiger partial charge in [0.05, 0.1) is 6.20 Å². The van der Waals surface area contributed by atoms with Crippen LogP contribution >= 0.6 is 11.5 Å². The quantitative estimate of drug-likeness (QED) is 0.862. The molecule has 0 aliphatic heterocycles. The molecule has 2 aromatic rings. The second-order valence-corrected chi connectivity index (χ2v) is 4.36. The summed E-state index contributed by atoms with van der Waals surface area (Å²) >= 11 is 1.13. The van der Waals surface area contributed by atoms with Crippen LogP contribution in [0.15, 0.2) is 24.4 Å². The lowest BCUT2D eigenvalue weighted by atomic mass is 10.3. The van der Waals surface area contributed by atoms with Gasteiger partial charge in [0.15, 0.2) is 0 Å². The predicted molar refractivity (Wildman–Crippen MR) is 70.9 cm³/mol. The van der Waals surface area contributed by atoms with Gasteiger partial charge in [0.25, 0.3) is 5.91 Å². The second kappa shape index (κ2) is 6.06. The van der Waals surface area contributed by atoms with E-state index in [-0.39, 0.29) is 5.91 Å². The molecule has 94 valence electrons. The van der Waals surface area contributed by atoms with E-state index >= 15 is 0 Å². The van der Waals surface area contributed by atoms with Crippen molar-refractivity contribution in [1.82, 2.24) is 14.6 Å². The average Bonchev–Trinajstić information content (AvgIpc) is 2.89. The van der Waals surface area contributed by atoms with Crippen LogP contribution in [0, 0.1) is 0 Å². The smallest absolute Gasteiger partial charge is 0.275 e. The molecule has 0 saturated heterocycles. The van der Waals surface area contributed by atoms with Gasteiger partial charge in [-0.15, -0.1) is 5.10 Å². The van der Waals surface area contributed by atoms with Crippen molar-refractivity contribution in [3.8, 4) is 0 Å². The lowest BCUT2D eigenvalue weighted by molar-refractivity contribution is 0.102. The minimum absolute atomic E-state index is 0.263. The van der Waals surface area contributed by atoms with Crippen molar-refractivity contribution < 1.29 is 4.79 Å². The summed E-state index contributed by atoms with van der Waals surface area (Å²) in [5.74, 6) is 0.438. The highest BCUT2D eigenvalue weighted by Crippen LogP contribution is 2.12. The number of pyridine rings is 1. The summed E-state index contributed by atoms with van der Waals surface area (Å²) in [5, 5.41) is 10.1. The van der Waals surface area contributed by atoms with Crippen LogP contribution in [0.3, 0.4) is 0 Å². The molecule has 0 aliphatic carbocycles. The van der Waals surface area contributed by atoms with Gasteiger partial charge in [0, 0.05) is 18.1 Å². The maximum Gasteiger partial charge on any atom is 0.275 e. The molecule has 2 rings (SSSR count). The first kappa shape index (κ1) is 12.4. The fourth-order valence-corrected chi connectivity index (χ4v) is 1.73. The average molecular weight is 263 g/mol. The highest BCUT2D eigenvalue weighted by molar-refractivity contribution is 7.10. The van der Waals surface area contributed by atoms with Crippen molar-refractivity contribution in [2.24, 2.45) is 0 Å². The maximum absolute atomic E-state index is 11.9. The third-order valence-corrected chi connectivity index (χ3v) is 2.72. The molecular formula is C11H13N5OS. The van der Waals surface area contributed by atoms with Gasteiger partial charge in [-0.1, -0.05) is 17.5 Å². The molecule has 0 spiro atoms. The molecule has 0 saturated carbocycles. The van der Waals surface area contributed by atoms with E-state index in [0.717, 1.165) is 24.5 Å². The number of aromatic nitrogens is 3. The van der Waals surface area contributed by atoms with Crippen LogP contribution in [0.25, 0.3) is 0 Å². The van der Waals surface area contributed by atoms with Gasteiger partial charge in [-0.25, -0.2) is 4.98 Å². The number of carbonyl (C=O) groups excluding carboxylic acids is 1. The van der Waals surface area contributed by atoms with Crippen LogP contribution in [-0.2, 0) is 0 Å². The molecule has 18 heavy (non-hydrogen) atoms. The van der Waals surface area contributed by atoms with Crippen LogP contribution in [0.4, 0.5) is 10.8 Å². The van der Waals surface area contributed by atoms with E-state index < -0.39 is 0 Å². The molecule has 2 heterocycles. The number of nitrogens with one attached hydrogen (secondary N) is 2. The molecule has 0 unspecified atom stereocenters. The molecule has 0 aliphatic rings. The van der Waals surface area contributed by atoms with Crippen LogP contribution in [0.2, 0.25) is 0 Å². The number of carbonyl (C=O) groups is 1. The van der Waals surface area contributed by atoms with Crippen LogP contribution in [0.5, 0.6) is 0 Å². The Morgan fingerprint density at radius 3 is 3.06 bits per heavy atom. The Morgan fingerprint density at radius 2 is 2.33 bits per heavy atom. The Labute approximate surface area is 109 Å². The molecule has 0 atom stereocenters. The highest BCUT2D eigenvalue weighted by Gasteiger charge is 2.09. The number of hydrogen-bond acceptors (Lipinski definition) is 6. The number of nitrogens with zero attached hydrogens (tertiary/aromatic N) is 3. The molecule has 0 bridgehead atoms. The molecule has 0 aromatic carbocycles. The Balaban J connectivity index is 2.05. The summed E-state index contributed by atoms with van der Waals surface area (Å²) in [4.78, 5) is 16.1. The van der Waals surface area contributed by atoms with Crippen LogP contribution < -0.4 is 10.6 Å². The summed E-state index contributed by atoms with van der Waals surface area (Å²) in [5.41, 5.74) is 0.365. The first-order chi connectivity index (χ1) is 8.79. The maximum atomic E-state index is 11.9. The van der Waals surface area contributed by atoms with Gasteiger partial charge in [0.1, 0.15) is 16.5 Å². The number of hydrogen-bond donors (Lipinski definition) is 2. The Morgan fingerprint density at radius 1 is 1.44 bits per heavy atom. The molecule has 2 aromatic heterocycles. The van der Waals surface area contributed by atoms with Crippen molar-refractivity contribution in [2.45, 2.75) is 13.3 Å². The van der Waals surface area contributed by atoms with E-state index in [1.165, 1.54) is 6.20 Å². The molecule has 7 heteroatoms. The zero-order valence-corrected chi connectivity index (χ0v) is 10.7. The van der Waals surface area contributed by atoms with Gasteiger partial charge in [-0.3, -0.25) is 4.79 Å². The first-order valence-electron chi connectivity index (χ1n) is 5.59. The molecule has 2 N–H and O–H groups in total. The van der Waals surface area contributed by atoms with Crippen molar-refractivity contribution in [1.29, 1.82) is 0 Å². The number of anilines is 2. The summed E-state index contributed by atoms with van der Waals surface area (Å²) in [6.07, 6.45) is 2.51. The van der Waals surface area contributed by atoms with Gasteiger partial charge in [-0.2, -0.15) is 0 Å². The standard InChI is InChI=1S/C11H13N5OS/c1-2-6-12-9-5-3-4-8(14-9)11(17)15-10-7-13-16-18-10/h3-5,7H,2,6H2,1H3,(H,12,14)(H,15,17). The fraction of sp³-hybridized carbons (Fsp3) is 0.273. The zero-order valence-electron chi connectivity index (χ0n) is 9.88. The lowest BCUT2D eigenvalue weighted by Gasteiger charge is -2.05. The van der Waals surface area contributed by atoms with Crippen molar-refractivity contribution >= 4 is 28.3 Å². The monoisotopic (exact) mass is 263 g/mol. The highest BCUT2D eigenvalue weighted by atomic mass is 32.1. The Hall–Kier alpha value is -2.02.